The molecule has 0 aliphatic rings. The third kappa shape index (κ3) is 5.80. The van der Waals surface area contributed by atoms with Crippen molar-refractivity contribution in [1.29, 1.82) is 0 Å². The molecule has 0 atom stereocenters. The minimum atomic E-state index is -0.324. The van der Waals surface area contributed by atoms with Crippen molar-refractivity contribution in [3.63, 3.8) is 0 Å². The molecular formula is C13H20N2O4. The van der Waals surface area contributed by atoms with E-state index in [9.17, 15) is 4.79 Å². The number of hydrogen-bond donors (Lipinski definition) is 2. The van der Waals surface area contributed by atoms with Gasteiger partial charge in [0.25, 0.3) is 5.91 Å². The molecule has 0 radical (unpaired) electrons. The van der Waals surface area contributed by atoms with Crippen molar-refractivity contribution in [3.05, 3.63) is 35.4 Å². The molecule has 1 aromatic carbocycles. The van der Waals surface area contributed by atoms with E-state index in [1.54, 1.807) is 19.2 Å². The average molecular weight is 268 g/mol. The van der Waals surface area contributed by atoms with Crippen molar-refractivity contribution < 1.29 is 19.0 Å². The Bertz CT molecular complexity index is 385. The van der Waals surface area contributed by atoms with Crippen molar-refractivity contribution in [2.75, 3.05) is 33.5 Å². The summed E-state index contributed by atoms with van der Waals surface area (Å²) < 4.78 is 15.6. The van der Waals surface area contributed by atoms with Crippen LogP contribution in [0.15, 0.2) is 24.3 Å². The van der Waals surface area contributed by atoms with Crippen LogP contribution in [0.1, 0.15) is 15.9 Å². The van der Waals surface area contributed by atoms with Gasteiger partial charge in [-0.2, -0.15) is 0 Å². The molecule has 0 saturated carbocycles. The molecule has 3 N–H and O–H groups in total. The molecule has 1 rings (SSSR count). The first-order valence-electron chi connectivity index (χ1n) is 6.03. The Morgan fingerprint density at radius 1 is 1.16 bits per heavy atom. The molecule has 1 aromatic rings. The van der Waals surface area contributed by atoms with Gasteiger partial charge in [0, 0.05) is 12.7 Å². The highest BCUT2D eigenvalue weighted by Gasteiger charge is 2.08. The second-order valence-corrected chi connectivity index (χ2v) is 3.79. The SMILES string of the molecule is COCCOCCOCc1ccccc1C(=O)NN. The minimum Gasteiger partial charge on any atom is -0.382 e. The van der Waals surface area contributed by atoms with E-state index in [1.165, 1.54) is 0 Å². The molecule has 0 aliphatic carbocycles. The average Bonchev–Trinajstić information content (AvgIpc) is 2.46. The molecule has 19 heavy (non-hydrogen) atoms. The van der Waals surface area contributed by atoms with Gasteiger partial charge in [-0.3, -0.25) is 10.2 Å². The summed E-state index contributed by atoms with van der Waals surface area (Å²) in [6, 6.07) is 7.16. The largest absolute Gasteiger partial charge is 0.382 e. The van der Waals surface area contributed by atoms with Crippen LogP contribution in [-0.2, 0) is 20.8 Å². The third-order valence-electron chi connectivity index (χ3n) is 2.45. The Morgan fingerprint density at radius 2 is 1.84 bits per heavy atom. The molecule has 0 bridgehead atoms. The molecule has 106 valence electrons. The summed E-state index contributed by atoms with van der Waals surface area (Å²) in [5, 5.41) is 0. The molecule has 0 unspecified atom stereocenters. The number of nitrogens with two attached hydrogens (primary N) is 1. The maximum atomic E-state index is 11.5. The van der Waals surface area contributed by atoms with Gasteiger partial charge < -0.3 is 14.2 Å². The number of benzene rings is 1. The van der Waals surface area contributed by atoms with Gasteiger partial charge in [0.15, 0.2) is 0 Å². The van der Waals surface area contributed by atoms with Crippen LogP contribution in [-0.4, -0.2) is 39.4 Å². The van der Waals surface area contributed by atoms with Crippen LogP contribution in [0.25, 0.3) is 0 Å². The number of amides is 1. The number of methoxy groups -OCH3 is 1. The number of carbonyl (C=O) groups is 1. The fourth-order valence-electron chi connectivity index (χ4n) is 1.49. The highest BCUT2D eigenvalue weighted by molar-refractivity contribution is 5.95. The molecule has 0 saturated heterocycles. The fourth-order valence-corrected chi connectivity index (χ4v) is 1.49. The number of hydrazine groups is 1. The summed E-state index contributed by atoms with van der Waals surface area (Å²) in [6.45, 7) is 2.42. The van der Waals surface area contributed by atoms with Gasteiger partial charge in [-0.25, -0.2) is 5.84 Å². The van der Waals surface area contributed by atoms with Crippen molar-refractivity contribution in [2.45, 2.75) is 6.61 Å². The molecule has 0 heterocycles. The van der Waals surface area contributed by atoms with Gasteiger partial charge in [0.2, 0.25) is 0 Å². The lowest BCUT2D eigenvalue weighted by molar-refractivity contribution is 0.0198. The maximum absolute atomic E-state index is 11.5. The first kappa shape index (κ1) is 15.6. The van der Waals surface area contributed by atoms with Crippen molar-refractivity contribution >= 4 is 5.91 Å². The van der Waals surface area contributed by atoms with Gasteiger partial charge in [-0.1, -0.05) is 18.2 Å². The van der Waals surface area contributed by atoms with Gasteiger partial charge in [-0.15, -0.1) is 0 Å². The van der Waals surface area contributed by atoms with Crippen LogP contribution in [0.3, 0.4) is 0 Å². The summed E-state index contributed by atoms with van der Waals surface area (Å²) in [5.74, 6) is 4.80. The van der Waals surface area contributed by atoms with Crippen LogP contribution in [0.4, 0.5) is 0 Å². The van der Waals surface area contributed by atoms with E-state index in [0.29, 0.717) is 38.6 Å². The number of hydrogen-bond acceptors (Lipinski definition) is 5. The van der Waals surface area contributed by atoms with E-state index >= 15 is 0 Å². The molecule has 0 spiro atoms. The quantitative estimate of drug-likeness (QED) is 0.294. The van der Waals surface area contributed by atoms with Gasteiger partial charge in [0.05, 0.1) is 33.0 Å². The van der Waals surface area contributed by atoms with Gasteiger partial charge in [-0.05, 0) is 11.6 Å². The van der Waals surface area contributed by atoms with E-state index in [-0.39, 0.29) is 5.91 Å². The highest BCUT2D eigenvalue weighted by Crippen LogP contribution is 2.09. The predicted octanol–water partition coefficient (Wildman–Crippen LogP) is 0.470. The second-order valence-electron chi connectivity index (χ2n) is 3.79. The third-order valence-corrected chi connectivity index (χ3v) is 2.45. The number of ether oxygens (including phenoxy) is 3. The fraction of sp³-hybridized carbons (Fsp3) is 0.462. The minimum absolute atomic E-state index is 0.324. The van der Waals surface area contributed by atoms with Gasteiger partial charge >= 0.3 is 0 Å². The van der Waals surface area contributed by atoms with Crippen LogP contribution in [0.2, 0.25) is 0 Å². The normalized spacial score (nSPS) is 10.4. The van der Waals surface area contributed by atoms with E-state index in [0.717, 1.165) is 5.56 Å². The van der Waals surface area contributed by atoms with Crippen molar-refractivity contribution in [1.82, 2.24) is 5.43 Å². The Morgan fingerprint density at radius 3 is 2.58 bits per heavy atom. The van der Waals surface area contributed by atoms with E-state index in [2.05, 4.69) is 5.43 Å². The lowest BCUT2D eigenvalue weighted by Crippen LogP contribution is -2.30. The summed E-state index contributed by atoms with van der Waals surface area (Å²) in [7, 11) is 1.62. The second kappa shape index (κ2) is 9.46. The van der Waals surface area contributed by atoms with Crippen molar-refractivity contribution in [3.8, 4) is 0 Å². The predicted molar refractivity (Wildman–Crippen MR) is 70.4 cm³/mol. The molecule has 1 amide bonds. The zero-order valence-electron chi connectivity index (χ0n) is 11.1. The standard InChI is InChI=1S/C13H20N2O4/c1-17-6-7-18-8-9-19-10-11-4-2-3-5-12(11)13(16)15-14/h2-5H,6-10,14H2,1H3,(H,15,16). The molecule has 6 heteroatoms. The first-order chi connectivity index (χ1) is 9.29. The zero-order valence-corrected chi connectivity index (χ0v) is 11.1. The smallest absolute Gasteiger partial charge is 0.265 e. The summed E-state index contributed by atoms with van der Waals surface area (Å²) in [4.78, 5) is 11.5. The number of carbonyl (C=O) groups excluding carboxylic acids is 1. The molecule has 0 aromatic heterocycles. The first-order valence-corrected chi connectivity index (χ1v) is 6.03. The zero-order chi connectivity index (χ0) is 13.9. The lowest BCUT2D eigenvalue weighted by Gasteiger charge is -2.09. The maximum Gasteiger partial charge on any atom is 0.265 e. The van der Waals surface area contributed by atoms with Crippen molar-refractivity contribution in [2.24, 2.45) is 5.84 Å². The highest BCUT2D eigenvalue weighted by atomic mass is 16.5. The van der Waals surface area contributed by atoms with Gasteiger partial charge in [0.1, 0.15) is 0 Å². The molecule has 0 aliphatic heterocycles. The van der Waals surface area contributed by atoms with Crippen LogP contribution < -0.4 is 11.3 Å². The Kier molecular flexibility index (Phi) is 7.76. The van der Waals surface area contributed by atoms with E-state index in [1.807, 2.05) is 12.1 Å². The molecular weight excluding hydrogens is 248 g/mol. The Balaban J connectivity index is 2.31. The monoisotopic (exact) mass is 268 g/mol. The molecule has 0 fully saturated rings. The van der Waals surface area contributed by atoms with Crippen LogP contribution >= 0.6 is 0 Å². The van der Waals surface area contributed by atoms with Crippen LogP contribution in [0.5, 0.6) is 0 Å². The summed E-state index contributed by atoms with van der Waals surface area (Å²) >= 11 is 0. The number of nitrogens with one attached hydrogen (secondary N) is 1. The molecule has 6 nitrogen and oxygen atoms in total. The Hall–Kier alpha value is -1.47. The summed E-state index contributed by atoms with van der Waals surface area (Å²) in [5.41, 5.74) is 3.43. The van der Waals surface area contributed by atoms with E-state index < -0.39 is 0 Å². The van der Waals surface area contributed by atoms with E-state index in [4.69, 9.17) is 20.1 Å². The number of rotatable bonds is 9. The Labute approximate surface area is 112 Å². The topological polar surface area (TPSA) is 82.8 Å². The number of nitrogen functional groups attached to an aromatic ring is 1. The lowest BCUT2D eigenvalue weighted by atomic mass is 10.1. The van der Waals surface area contributed by atoms with Crippen LogP contribution in [0, 0.1) is 0 Å². The summed E-state index contributed by atoms with van der Waals surface area (Å²) in [6.07, 6.45) is 0.